The molecule has 4 nitrogen and oxygen atoms in total. The maximum absolute atomic E-state index is 13.8. The lowest BCUT2D eigenvalue weighted by Crippen LogP contribution is -2.04. The largest absolute Gasteiger partial charge is 0.432 e. The zero-order valence-corrected chi connectivity index (χ0v) is 12.4. The van der Waals surface area contributed by atoms with Gasteiger partial charge in [0.15, 0.2) is 11.6 Å². The number of hydrogen-bond donors (Lipinski definition) is 1. The van der Waals surface area contributed by atoms with Gasteiger partial charge in [-0.1, -0.05) is 5.92 Å². The van der Waals surface area contributed by atoms with Crippen LogP contribution in [0.25, 0.3) is 0 Å². The predicted molar refractivity (Wildman–Crippen MR) is 78.3 cm³/mol. The number of nitrogens with zero attached hydrogens (tertiary/aromatic N) is 2. The average molecular weight is 387 g/mol. The number of benzene rings is 1. The number of rotatable bonds is 2. The van der Waals surface area contributed by atoms with Gasteiger partial charge >= 0.3 is 0 Å². The molecule has 0 bridgehead atoms. The average Bonchev–Trinajstić information content (AvgIpc) is 2.38. The molecule has 2 N–H and O–H groups in total. The van der Waals surface area contributed by atoms with Crippen LogP contribution in [0.3, 0.4) is 0 Å². The van der Waals surface area contributed by atoms with Crippen LogP contribution < -0.4 is 10.5 Å². The van der Waals surface area contributed by atoms with Gasteiger partial charge in [0.1, 0.15) is 0 Å². The van der Waals surface area contributed by atoms with E-state index >= 15 is 0 Å². The van der Waals surface area contributed by atoms with Crippen LogP contribution in [-0.2, 0) is 0 Å². The number of aromatic nitrogens is 2. The van der Waals surface area contributed by atoms with Crippen LogP contribution in [-0.4, -0.2) is 9.97 Å². The molecule has 0 radical (unpaired) electrons. The number of nitrogen functional groups attached to an aromatic ring is 1. The maximum atomic E-state index is 13.8. The minimum atomic E-state index is -0.913. The maximum Gasteiger partial charge on any atom is 0.238 e. The van der Waals surface area contributed by atoms with E-state index in [0.29, 0.717) is 9.26 Å². The molecule has 0 aliphatic rings. The Morgan fingerprint density at radius 1 is 1.30 bits per heavy atom. The Balaban J connectivity index is 2.49. The van der Waals surface area contributed by atoms with E-state index in [1.807, 2.05) is 22.6 Å². The van der Waals surface area contributed by atoms with E-state index in [4.69, 9.17) is 16.9 Å². The number of anilines is 1. The number of terminal acetylenes is 1. The van der Waals surface area contributed by atoms with E-state index in [1.54, 1.807) is 6.92 Å². The molecule has 0 aliphatic heterocycles. The van der Waals surface area contributed by atoms with Crippen molar-refractivity contribution in [2.75, 3.05) is 5.73 Å². The van der Waals surface area contributed by atoms with Crippen LogP contribution in [0.5, 0.6) is 11.6 Å². The molecular formula is C13H8F2IN3O. The fourth-order valence-electron chi connectivity index (χ4n) is 1.46. The van der Waals surface area contributed by atoms with E-state index in [1.165, 1.54) is 0 Å². The Hall–Kier alpha value is -1.95. The molecule has 20 heavy (non-hydrogen) atoms. The number of aryl methyl sites for hydroxylation is 1. The predicted octanol–water partition coefficient (Wildman–Crippen LogP) is 3.02. The van der Waals surface area contributed by atoms with Gasteiger partial charge in [-0.15, -0.1) is 6.42 Å². The molecule has 1 aromatic carbocycles. The number of nitrogens with two attached hydrogens (primary N) is 1. The van der Waals surface area contributed by atoms with Gasteiger partial charge in [-0.2, -0.15) is 4.98 Å². The summed E-state index contributed by atoms with van der Waals surface area (Å²) in [5.74, 6) is -0.319. The summed E-state index contributed by atoms with van der Waals surface area (Å²) in [5.41, 5.74) is 6.12. The Labute approximate surface area is 127 Å². The highest BCUT2D eigenvalue weighted by atomic mass is 127. The fraction of sp³-hybridized carbons (Fsp3) is 0.0769. The van der Waals surface area contributed by atoms with Crippen LogP contribution in [0.1, 0.15) is 11.3 Å². The first-order valence-corrected chi connectivity index (χ1v) is 6.43. The van der Waals surface area contributed by atoms with E-state index in [9.17, 15) is 8.78 Å². The summed E-state index contributed by atoms with van der Waals surface area (Å²) in [6.07, 6.45) is 5.09. The van der Waals surface area contributed by atoms with Gasteiger partial charge in [-0.25, -0.2) is 13.8 Å². The Bertz CT molecular complexity index is 705. The molecule has 0 fully saturated rings. The van der Waals surface area contributed by atoms with Crippen molar-refractivity contribution >= 4 is 28.5 Å². The summed E-state index contributed by atoms with van der Waals surface area (Å²) in [7, 11) is 0. The Morgan fingerprint density at radius 3 is 2.45 bits per heavy atom. The third kappa shape index (κ3) is 2.80. The fourth-order valence-corrected chi connectivity index (χ4v) is 1.81. The highest BCUT2D eigenvalue weighted by Crippen LogP contribution is 2.31. The molecule has 0 atom stereocenters. The molecule has 0 saturated heterocycles. The summed E-state index contributed by atoms with van der Waals surface area (Å²) in [4.78, 5) is 7.73. The molecule has 7 heteroatoms. The molecule has 1 aromatic heterocycles. The van der Waals surface area contributed by atoms with Gasteiger partial charge in [-0.05, 0) is 41.6 Å². The highest BCUT2D eigenvalue weighted by Gasteiger charge is 2.17. The molecule has 0 aliphatic carbocycles. The van der Waals surface area contributed by atoms with Crippen molar-refractivity contribution in [1.82, 2.24) is 9.97 Å². The lowest BCUT2D eigenvalue weighted by Gasteiger charge is -2.10. The number of hydrogen-bond acceptors (Lipinski definition) is 4. The second-order valence-electron chi connectivity index (χ2n) is 3.80. The minimum absolute atomic E-state index is 0.0122. The molecule has 2 aromatic rings. The van der Waals surface area contributed by atoms with Crippen molar-refractivity contribution in [2.45, 2.75) is 6.92 Å². The van der Waals surface area contributed by atoms with E-state index < -0.39 is 17.4 Å². The normalized spacial score (nSPS) is 10.2. The Kier molecular flexibility index (Phi) is 4.04. The van der Waals surface area contributed by atoms with Gasteiger partial charge in [0, 0.05) is 5.56 Å². The van der Waals surface area contributed by atoms with Gasteiger partial charge in [-0.3, -0.25) is 0 Å². The van der Waals surface area contributed by atoms with E-state index in [0.717, 1.165) is 12.1 Å². The lowest BCUT2D eigenvalue weighted by atomic mass is 10.2. The molecule has 2 rings (SSSR count). The molecule has 0 saturated carbocycles. The zero-order valence-electron chi connectivity index (χ0n) is 10.2. The van der Waals surface area contributed by atoms with E-state index in [2.05, 4.69) is 15.9 Å². The number of ether oxygens (including phenoxy) is 1. The van der Waals surface area contributed by atoms with Crippen LogP contribution in [0.4, 0.5) is 14.7 Å². The van der Waals surface area contributed by atoms with Crippen molar-refractivity contribution < 1.29 is 13.5 Å². The second kappa shape index (κ2) is 5.58. The van der Waals surface area contributed by atoms with Crippen LogP contribution >= 0.6 is 22.6 Å². The SMILES string of the molecule is C#Cc1cc(F)c(Oc2nc(N)nc(C)c2I)c(F)c1. The second-order valence-corrected chi connectivity index (χ2v) is 4.88. The molecule has 0 spiro atoms. The van der Waals surface area contributed by atoms with Crippen molar-refractivity contribution in [3.05, 3.63) is 38.6 Å². The minimum Gasteiger partial charge on any atom is -0.432 e. The Morgan fingerprint density at radius 2 is 1.90 bits per heavy atom. The highest BCUT2D eigenvalue weighted by molar-refractivity contribution is 14.1. The quantitative estimate of drug-likeness (QED) is 0.636. The van der Waals surface area contributed by atoms with E-state index in [-0.39, 0.29) is 17.4 Å². The summed E-state index contributed by atoms with van der Waals surface area (Å²) in [5, 5.41) is 0. The third-order valence-electron chi connectivity index (χ3n) is 2.37. The van der Waals surface area contributed by atoms with Gasteiger partial charge < -0.3 is 10.5 Å². The summed E-state index contributed by atoms with van der Waals surface area (Å²) >= 11 is 1.90. The first-order valence-electron chi connectivity index (χ1n) is 5.35. The van der Waals surface area contributed by atoms with Gasteiger partial charge in [0.2, 0.25) is 17.6 Å². The monoisotopic (exact) mass is 387 g/mol. The lowest BCUT2D eigenvalue weighted by molar-refractivity contribution is 0.392. The topological polar surface area (TPSA) is 61.0 Å². The van der Waals surface area contributed by atoms with Crippen LogP contribution in [0.15, 0.2) is 12.1 Å². The van der Waals surface area contributed by atoms with Crippen LogP contribution in [0, 0.1) is 34.5 Å². The van der Waals surface area contributed by atoms with Gasteiger partial charge in [0.05, 0.1) is 9.26 Å². The summed E-state index contributed by atoms with van der Waals surface area (Å²) < 4.78 is 33.2. The number of halogens is 3. The summed E-state index contributed by atoms with van der Waals surface area (Å²) in [6, 6.07) is 2.01. The van der Waals surface area contributed by atoms with Crippen molar-refractivity contribution in [2.24, 2.45) is 0 Å². The summed E-state index contributed by atoms with van der Waals surface area (Å²) in [6.45, 7) is 1.68. The first-order chi connectivity index (χ1) is 9.42. The molecule has 0 unspecified atom stereocenters. The van der Waals surface area contributed by atoms with Crippen molar-refractivity contribution in [3.8, 4) is 24.0 Å². The smallest absolute Gasteiger partial charge is 0.238 e. The van der Waals surface area contributed by atoms with Crippen molar-refractivity contribution in [3.63, 3.8) is 0 Å². The standard InChI is InChI=1S/C13H8F2IN3O/c1-3-7-4-8(14)11(9(15)5-7)20-12-10(16)6(2)18-13(17)19-12/h1,4-5H,2H3,(H2,17,18,19). The third-order valence-corrected chi connectivity index (χ3v) is 3.61. The van der Waals surface area contributed by atoms with Crippen LogP contribution in [0.2, 0.25) is 0 Å². The molecule has 102 valence electrons. The molecule has 0 amide bonds. The zero-order chi connectivity index (χ0) is 14.9. The van der Waals surface area contributed by atoms with Gasteiger partial charge in [0.25, 0.3) is 0 Å². The molecular weight excluding hydrogens is 379 g/mol. The van der Waals surface area contributed by atoms with Crippen molar-refractivity contribution in [1.29, 1.82) is 0 Å². The first kappa shape index (κ1) is 14.5. The molecule has 1 heterocycles.